The van der Waals surface area contributed by atoms with Crippen LogP contribution in [-0.2, 0) is 0 Å². The largest absolute Gasteiger partial charge is 0.478 e. The molecule has 24 heavy (non-hydrogen) atoms. The van der Waals surface area contributed by atoms with Gasteiger partial charge in [-0.25, -0.2) is 9.78 Å². The van der Waals surface area contributed by atoms with Crippen molar-refractivity contribution >= 4 is 34.1 Å². The zero-order chi connectivity index (χ0) is 16.9. The predicted molar refractivity (Wildman–Crippen MR) is 97.5 cm³/mol. The zero-order valence-corrected chi connectivity index (χ0v) is 14.1. The van der Waals surface area contributed by atoms with Crippen molar-refractivity contribution in [2.24, 2.45) is 0 Å². The van der Waals surface area contributed by atoms with Crippen molar-refractivity contribution in [2.75, 3.05) is 0 Å². The van der Waals surface area contributed by atoms with E-state index in [9.17, 15) is 9.90 Å². The van der Waals surface area contributed by atoms with Gasteiger partial charge in [0.15, 0.2) is 0 Å². The van der Waals surface area contributed by atoms with Gasteiger partial charge in [0, 0.05) is 22.4 Å². The number of aromatic nitrogens is 2. The molecule has 2 aromatic heterocycles. The Hall–Kier alpha value is -2.79. The number of pyridine rings is 2. The summed E-state index contributed by atoms with van der Waals surface area (Å²) >= 11 is 3.43. The van der Waals surface area contributed by atoms with Gasteiger partial charge in [-0.3, -0.25) is 4.98 Å². The summed E-state index contributed by atoms with van der Waals surface area (Å²) in [7, 11) is 0. The molecule has 1 N–H and O–H groups in total. The van der Waals surface area contributed by atoms with E-state index in [1.807, 2.05) is 36.4 Å². The Kier molecular flexibility index (Phi) is 4.82. The van der Waals surface area contributed by atoms with Crippen molar-refractivity contribution in [2.45, 2.75) is 0 Å². The molecule has 5 heteroatoms. The normalized spacial score (nSPS) is 10.9. The van der Waals surface area contributed by atoms with Crippen molar-refractivity contribution in [3.63, 3.8) is 0 Å². The minimum Gasteiger partial charge on any atom is -0.478 e. The number of carboxylic acid groups (broad SMARTS) is 1. The molecule has 0 radical (unpaired) electrons. The van der Waals surface area contributed by atoms with Crippen molar-refractivity contribution < 1.29 is 9.90 Å². The molecule has 0 amide bonds. The van der Waals surface area contributed by atoms with Crippen molar-refractivity contribution in [3.05, 3.63) is 82.2 Å². The third kappa shape index (κ3) is 3.75. The molecule has 0 aliphatic heterocycles. The highest BCUT2D eigenvalue weighted by Gasteiger charge is 2.11. The first-order valence-electron chi connectivity index (χ1n) is 7.22. The van der Waals surface area contributed by atoms with Crippen molar-refractivity contribution in [3.8, 4) is 11.3 Å². The molecule has 0 aliphatic carbocycles. The maximum Gasteiger partial charge on any atom is 0.337 e. The number of rotatable bonds is 4. The Bertz CT molecular complexity index is 908. The summed E-state index contributed by atoms with van der Waals surface area (Å²) in [5.41, 5.74) is 3.07. The van der Waals surface area contributed by atoms with Crippen LogP contribution in [-0.4, -0.2) is 21.0 Å². The molecule has 3 rings (SSSR count). The van der Waals surface area contributed by atoms with Gasteiger partial charge in [0.25, 0.3) is 0 Å². The van der Waals surface area contributed by atoms with Gasteiger partial charge in [-0.2, -0.15) is 0 Å². The van der Waals surface area contributed by atoms with Crippen molar-refractivity contribution in [1.29, 1.82) is 0 Å². The maximum atomic E-state index is 11.4. The molecule has 0 unspecified atom stereocenters. The lowest BCUT2D eigenvalue weighted by atomic mass is 10.1. The van der Waals surface area contributed by atoms with Crippen LogP contribution in [0.25, 0.3) is 23.4 Å². The van der Waals surface area contributed by atoms with Gasteiger partial charge in [0.05, 0.1) is 17.0 Å². The first-order valence-corrected chi connectivity index (χ1v) is 8.01. The maximum absolute atomic E-state index is 11.4. The van der Waals surface area contributed by atoms with E-state index < -0.39 is 5.97 Å². The van der Waals surface area contributed by atoms with Crippen LogP contribution >= 0.6 is 15.9 Å². The van der Waals surface area contributed by atoms with Crippen LogP contribution in [0, 0.1) is 0 Å². The summed E-state index contributed by atoms with van der Waals surface area (Å²) in [5.74, 6) is -1.01. The fourth-order valence-electron chi connectivity index (χ4n) is 2.24. The second-order valence-electron chi connectivity index (χ2n) is 5.06. The summed E-state index contributed by atoms with van der Waals surface area (Å²) in [6, 6.07) is 14.7. The topological polar surface area (TPSA) is 63.1 Å². The van der Waals surface area contributed by atoms with Gasteiger partial charge in [0.1, 0.15) is 0 Å². The van der Waals surface area contributed by atoms with Crippen LogP contribution < -0.4 is 0 Å². The lowest BCUT2D eigenvalue weighted by Gasteiger charge is -2.06. The standard InChI is InChI=1S/C19H13BrN2O2/c20-15-5-1-4-14(11-15)17-9-7-16(19(23)24)18(22-17)8-6-13-3-2-10-21-12-13/h1-12H,(H,23,24)/b8-6+. The second-order valence-corrected chi connectivity index (χ2v) is 5.98. The Morgan fingerprint density at radius 3 is 2.67 bits per heavy atom. The molecule has 4 nitrogen and oxygen atoms in total. The van der Waals surface area contributed by atoms with Gasteiger partial charge in [-0.05, 0) is 42.0 Å². The SMILES string of the molecule is O=C(O)c1ccc(-c2cccc(Br)c2)nc1/C=C/c1cccnc1. The lowest BCUT2D eigenvalue weighted by Crippen LogP contribution is -2.02. The van der Waals surface area contributed by atoms with Crippen LogP contribution in [0.3, 0.4) is 0 Å². The summed E-state index contributed by atoms with van der Waals surface area (Å²) in [5, 5.41) is 9.37. The molecule has 1 aromatic carbocycles. The minimum absolute atomic E-state index is 0.161. The van der Waals surface area contributed by atoms with Crippen LogP contribution in [0.15, 0.2) is 65.4 Å². The van der Waals surface area contributed by atoms with E-state index in [1.54, 1.807) is 36.7 Å². The Morgan fingerprint density at radius 2 is 1.96 bits per heavy atom. The molecule has 0 atom stereocenters. The molecule has 118 valence electrons. The van der Waals surface area contributed by atoms with Gasteiger partial charge in [0.2, 0.25) is 0 Å². The summed E-state index contributed by atoms with van der Waals surface area (Å²) in [6.07, 6.45) is 6.88. The predicted octanol–water partition coefficient (Wildman–Crippen LogP) is 4.77. The molecule has 0 fully saturated rings. The molecule has 2 heterocycles. The van der Waals surface area contributed by atoms with E-state index >= 15 is 0 Å². The van der Waals surface area contributed by atoms with Crippen LogP contribution in [0.5, 0.6) is 0 Å². The smallest absolute Gasteiger partial charge is 0.337 e. The highest BCUT2D eigenvalue weighted by molar-refractivity contribution is 9.10. The monoisotopic (exact) mass is 380 g/mol. The number of aromatic carboxylic acids is 1. The number of hydrogen-bond acceptors (Lipinski definition) is 3. The molecule has 0 aliphatic rings. The number of nitrogens with zero attached hydrogens (tertiary/aromatic N) is 2. The Labute approximate surface area is 147 Å². The van der Waals surface area contributed by atoms with E-state index in [1.165, 1.54) is 0 Å². The quantitative estimate of drug-likeness (QED) is 0.707. The molecular formula is C19H13BrN2O2. The number of carbonyl (C=O) groups is 1. The number of hydrogen-bond donors (Lipinski definition) is 1. The summed E-state index contributed by atoms with van der Waals surface area (Å²) < 4.78 is 0.941. The Morgan fingerprint density at radius 1 is 1.08 bits per heavy atom. The number of carboxylic acids is 1. The minimum atomic E-state index is -1.01. The molecule has 0 saturated heterocycles. The fraction of sp³-hybridized carbons (Fsp3) is 0. The van der Waals surface area contributed by atoms with E-state index in [2.05, 4.69) is 25.9 Å². The third-order valence-corrected chi connectivity index (χ3v) is 3.89. The molecule has 3 aromatic rings. The van der Waals surface area contributed by atoms with E-state index in [4.69, 9.17) is 0 Å². The highest BCUT2D eigenvalue weighted by Crippen LogP contribution is 2.23. The van der Waals surface area contributed by atoms with Gasteiger partial charge >= 0.3 is 5.97 Å². The zero-order valence-electron chi connectivity index (χ0n) is 12.6. The summed E-state index contributed by atoms with van der Waals surface area (Å²) in [4.78, 5) is 20.0. The second kappa shape index (κ2) is 7.19. The first kappa shape index (κ1) is 16.1. The average molecular weight is 381 g/mol. The molecule has 0 saturated carbocycles. The van der Waals surface area contributed by atoms with E-state index in [-0.39, 0.29) is 5.56 Å². The third-order valence-electron chi connectivity index (χ3n) is 3.39. The van der Waals surface area contributed by atoms with Gasteiger partial charge in [-0.15, -0.1) is 0 Å². The van der Waals surface area contributed by atoms with Crippen molar-refractivity contribution in [1.82, 2.24) is 9.97 Å². The first-order chi connectivity index (χ1) is 11.6. The van der Waals surface area contributed by atoms with Gasteiger partial charge in [-0.1, -0.05) is 40.2 Å². The Balaban J connectivity index is 2.04. The highest BCUT2D eigenvalue weighted by atomic mass is 79.9. The molecular weight excluding hydrogens is 368 g/mol. The van der Waals surface area contributed by atoms with Gasteiger partial charge < -0.3 is 5.11 Å². The molecule has 0 spiro atoms. The number of benzene rings is 1. The fourth-order valence-corrected chi connectivity index (χ4v) is 2.64. The average Bonchev–Trinajstić information content (AvgIpc) is 2.60. The summed E-state index contributed by atoms with van der Waals surface area (Å²) in [6.45, 7) is 0. The lowest BCUT2D eigenvalue weighted by molar-refractivity contribution is 0.0696. The van der Waals surface area contributed by atoms with E-state index in [0.29, 0.717) is 11.4 Å². The number of halogens is 1. The molecule has 0 bridgehead atoms. The van der Waals surface area contributed by atoms with Crippen LogP contribution in [0.4, 0.5) is 0 Å². The van der Waals surface area contributed by atoms with Crippen LogP contribution in [0.1, 0.15) is 21.6 Å². The van der Waals surface area contributed by atoms with E-state index in [0.717, 1.165) is 15.6 Å². The van der Waals surface area contributed by atoms with Crippen LogP contribution in [0.2, 0.25) is 0 Å².